The summed E-state index contributed by atoms with van der Waals surface area (Å²) in [4.78, 5) is 11.8. The molecule has 1 aromatic carbocycles. The van der Waals surface area contributed by atoms with Crippen LogP contribution in [0.3, 0.4) is 0 Å². The monoisotopic (exact) mass is 334 g/mol. The molecule has 0 radical (unpaired) electrons. The fourth-order valence-corrected chi connectivity index (χ4v) is 1.41. The van der Waals surface area contributed by atoms with Gasteiger partial charge < -0.3 is 4.74 Å². The first kappa shape index (κ1) is 12.7. The van der Waals surface area contributed by atoms with Gasteiger partial charge >= 0.3 is 5.97 Å². The fourth-order valence-electron chi connectivity index (χ4n) is 1.09. The first-order valence-electron chi connectivity index (χ1n) is 4.58. The normalized spacial score (nSPS) is 12.2. The van der Waals surface area contributed by atoms with Gasteiger partial charge in [0.2, 0.25) is 0 Å². The summed E-state index contributed by atoms with van der Waals surface area (Å²) in [5.41, 5.74) is 1.57. The molecule has 1 unspecified atom stereocenters. The van der Waals surface area contributed by atoms with Gasteiger partial charge in [-0.1, -0.05) is 50.1 Å². The van der Waals surface area contributed by atoms with Crippen LogP contribution < -0.4 is 0 Å². The SMILES string of the molecule is Cc1ccccc1C(=O)OCC(Br)CBr. The van der Waals surface area contributed by atoms with E-state index >= 15 is 0 Å². The lowest BCUT2D eigenvalue weighted by molar-refractivity contribution is 0.0512. The van der Waals surface area contributed by atoms with Crippen molar-refractivity contribution in [3.8, 4) is 0 Å². The van der Waals surface area contributed by atoms with Crippen LogP contribution in [0, 0.1) is 6.92 Å². The highest BCUT2D eigenvalue weighted by atomic mass is 79.9. The predicted octanol–water partition coefficient (Wildman–Crippen LogP) is 3.31. The highest BCUT2D eigenvalue weighted by Gasteiger charge is 2.11. The van der Waals surface area contributed by atoms with Crippen molar-refractivity contribution in [2.75, 3.05) is 11.9 Å². The molecule has 2 nitrogen and oxygen atoms in total. The quantitative estimate of drug-likeness (QED) is 0.623. The second-order valence-electron chi connectivity index (χ2n) is 3.16. The van der Waals surface area contributed by atoms with E-state index in [1.165, 1.54) is 0 Å². The molecule has 0 fully saturated rings. The van der Waals surface area contributed by atoms with Gasteiger partial charge in [-0.3, -0.25) is 0 Å². The molecule has 0 saturated carbocycles. The van der Waals surface area contributed by atoms with E-state index in [2.05, 4.69) is 31.9 Å². The maximum absolute atomic E-state index is 11.6. The standard InChI is InChI=1S/C11H12Br2O2/c1-8-4-2-3-5-10(8)11(14)15-7-9(13)6-12/h2-5,9H,6-7H2,1H3. The molecule has 1 aromatic rings. The van der Waals surface area contributed by atoms with Crippen molar-refractivity contribution in [1.82, 2.24) is 0 Å². The van der Waals surface area contributed by atoms with Crippen LogP contribution in [-0.2, 0) is 4.74 Å². The highest BCUT2D eigenvalue weighted by molar-refractivity contribution is 9.12. The number of esters is 1. The number of ether oxygens (including phenoxy) is 1. The van der Waals surface area contributed by atoms with Crippen molar-refractivity contribution in [3.63, 3.8) is 0 Å². The van der Waals surface area contributed by atoms with Gasteiger partial charge in [0, 0.05) is 5.33 Å². The third-order valence-corrected chi connectivity index (χ3v) is 4.17. The number of benzene rings is 1. The van der Waals surface area contributed by atoms with Crippen LogP contribution in [-0.4, -0.2) is 22.7 Å². The van der Waals surface area contributed by atoms with E-state index in [0.717, 1.165) is 10.9 Å². The summed E-state index contributed by atoms with van der Waals surface area (Å²) < 4.78 is 5.15. The topological polar surface area (TPSA) is 26.3 Å². The minimum atomic E-state index is -0.265. The van der Waals surface area contributed by atoms with Gasteiger partial charge in [-0.2, -0.15) is 0 Å². The predicted molar refractivity (Wildman–Crippen MR) is 68.0 cm³/mol. The van der Waals surface area contributed by atoms with Crippen molar-refractivity contribution in [2.45, 2.75) is 11.8 Å². The lowest BCUT2D eigenvalue weighted by Gasteiger charge is -2.09. The second-order valence-corrected chi connectivity index (χ2v) is 5.11. The molecule has 0 aliphatic rings. The van der Waals surface area contributed by atoms with Crippen LogP contribution in [0.1, 0.15) is 15.9 Å². The van der Waals surface area contributed by atoms with Gasteiger partial charge in [0.1, 0.15) is 6.61 Å². The summed E-state index contributed by atoms with van der Waals surface area (Å²) in [7, 11) is 0. The van der Waals surface area contributed by atoms with E-state index in [9.17, 15) is 4.79 Å². The van der Waals surface area contributed by atoms with Gasteiger partial charge in [-0.05, 0) is 18.6 Å². The fraction of sp³-hybridized carbons (Fsp3) is 0.364. The molecule has 0 N–H and O–H groups in total. The number of halogens is 2. The Labute approximate surface area is 106 Å². The first-order valence-corrected chi connectivity index (χ1v) is 6.61. The lowest BCUT2D eigenvalue weighted by Crippen LogP contribution is -2.15. The van der Waals surface area contributed by atoms with Gasteiger partial charge in [0.05, 0.1) is 10.4 Å². The molecule has 82 valence electrons. The van der Waals surface area contributed by atoms with Crippen molar-refractivity contribution in [2.24, 2.45) is 0 Å². The molecule has 0 spiro atoms. The summed E-state index contributed by atoms with van der Waals surface area (Å²) in [6.07, 6.45) is 0. The summed E-state index contributed by atoms with van der Waals surface area (Å²) in [6, 6.07) is 7.40. The van der Waals surface area contributed by atoms with Crippen molar-refractivity contribution < 1.29 is 9.53 Å². The van der Waals surface area contributed by atoms with Gasteiger partial charge in [-0.15, -0.1) is 0 Å². The zero-order valence-electron chi connectivity index (χ0n) is 8.37. The smallest absolute Gasteiger partial charge is 0.338 e. The second kappa shape index (κ2) is 6.28. The minimum Gasteiger partial charge on any atom is -0.461 e. The van der Waals surface area contributed by atoms with E-state index in [0.29, 0.717) is 12.2 Å². The van der Waals surface area contributed by atoms with Crippen molar-refractivity contribution in [3.05, 3.63) is 35.4 Å². The van der Waals surface area contributed by atoms with E-state index in [4.69, 9.17) is 4.74 Å². The van der Waals surface area contributed by atoms with Gasteiger partial charge in [-0.25, -0.2) is 4.79 Å². The maximum Gasteiger partial charge on any atom is 0.338 e. The highest BCUT2D eigenvalue weighted by Crippen LogP contribution is 2.10. The minimum absolute atomic E-state index is 0.158. The van der Waals surface area contributed by atoms with E-state index in [1.54, 1.807) is 6.07 Å². The number of rotatable bonds is 4. The molecule has 0 bridgehead atoms. The van der Waals surface area contributed by atoms with Crippen LogP contribution in [0.4, 0.5) is 0 Å². The molecule has 4 heteroatoms. The largest absolute Gasteiger partial charge is 0.461 e. The first-order chi connectivity index (χ1) is 7.15. The van der Waals surface area contributed by atoms with Gasteiger partial charge in [0.25, 0.3) is 0 Å². The number of carbonyl (C=O) groups excluding carboxylic acids is 1. The Balaban J connectivity index is 2.58. The molecule has 1 atom stereocenters. The number of hydrogen-bond acceptors (Lipinski definition) is 2. The van der Waals surface area contributed by atoms with Gasteiger partial charge in [0.15, 0.2) is 0 Å². The molecular formula is C11H12Br2O2. The van der Waals surface area contributed by atoms with Crippen LogP contribution in [0.25, 0.3) is 0 Å². The number of hydrogen-bond donors (Lipinski definition) is 0. The number of carbonyl (C=O) groups is 1. The Morgan fingerprint density at radius 2 is 2.13 bits per heavy atom. The van der Waals surface area contributed by atoms with Crippen molar-refractivity contribution >= 4 is 37.8 Å². The Kier molecular flexibility index (Phi) is 5.32. The number of alkyl halides is 2. The van der Waals surface area contributed by atoms with Crippen LogP contribution in [0.15, 0.2) is 24.3 Å². The maximum atomic E-state index is 11.6. The van der Waals surface area contributed by atoms with E-state index < -0.39 is 0 Å². The lowest BCUT2D eigenvalue weighted by atomic mass is 10.1. The molecule has 15 heavy (non-hydrogen) atoms. The zero-order valence-corrected chi connectivity index (χ0v) is 11.5. The average Bonchev–Trinajstić information content (AvgIpc) is 2.26. The molecule has 0 aliphatic carbocycles. The Hall–Kier alpha value is -0.350. The Morgan fingerprint density at radius 3 is 2.73 bits per heavy atom. The summed E-state index contributed by atoms with van der Waals surface area (Å²) in [5, 5.41) is 0.758. The zero-order chi connectivity index (χ0) is 11.3. The molecule has 0 heterocycles. The number of aryl methyl sites for hydroxylation is 1. The third-order valence-electron chi connectivity index (χ3n) is 1.93. The molecule has 0 aromatic heterocycles. The molecule has 1 rings (SSSR count). The summed E-state index contributed by atoms with van der Waals surface area (Å²) in [5.74, 6) is -0.265. The van der Waals surface area contributed by atoms with Crippen LogP contribution in [0.2, 0.25) is 0 Å². The van der Waals surface area contributed by atoms with Crippen LogP contribution in [0.5, 0.6) is 0 Å². The summed E-state index contributed by atoms with van der Waals surface area (Å²) in [6.45, 7) is 2.27. The third kappa shape index (κ3) is 3.95. The van der Waals surface area contributed by atoms with Crippen LogP contribution >= 0.6 is 31.9 Å². The van der Waals surface area contributed by atoms with E-state index in [1.807, 2.05) is 25.1 Å². The molecule has 0 amide bonds. The van der Waals surface area contributed by atoms with E-state index in [-0.39, 0.29) is 10.8 Å². The summed E-state index contributed by atoms with van der Waals surface area (Å²) >= 11 is 6.67. The molecular weight excluding hydrogens is 324 g/mol. The molecule has 0 saturated heterocycles. The Morgan fingerprint density at radius 1 is 1.47 bits per heavy atom. The average molecular weight is 336 g/mol. The molecule has 0 aliphatic heterocycles. The Bertz CT molecular complexity index is 339. The van der Waals surface area contributed by atoms with Crippen molar-refractivity contribution in [1.29, 1.82) is 0 Å².